The zero-order valence-corrected chi connectivity index (χ0v) is 21.7. The first-order valence-corrected chi connectivity index (χ1v) is 13.1. The van der Waals surface area contributed by atoms with E-state index in [2.05, 4.69) is 10.2 Å². The van der Waals surface area contributed by atoms with Gasteiger partial charge in [-0.3, -0.25) is 14.5 Å². The van der Waals surface area contributed by atoms with E-state index >= 15 is 0 Å². The SMILES string of the molecule is COc1ccc(CCNC(=O)[C@@H](C2CCCC2)N2CCN(C(=O)c3ccc(Cl)cc3Cl)CC2)cc1. The third kappa shape index (κ3) is 6.49. The van der Waals surface area contributed by atoms with Crippen molar-refractivity contribution in [2.24, 2.45) is 5.92 Å². The summed E-state index contributed by atoms with van der Waals surface area (Å²) in [5.41, 5.74) is 1.63. The number of hydrogen-bond donors (Lipinski definition) is 1. The van der Waals surface area contributed by atoms with E-state index in [0.29, 0.717) is 54.3 Å². The van der Waals surface area contributed by atoms with E-state index in [1.807, 2.05) is 29.2 Å². The van der Waals surface area contributed by atoms with Crippen LogP contribution in [0.1, 0.15) is 41.6 Å². The summed E-state index contributed by atoms with van der Waals surface area (Å²) >= 11 is 12.2. The van der Waals surface area contributed by atoms with Gasteiger partial charge in [0.1, 0.15) is 5.75 Å². The molecule has 1 N–H and O–H groups in total. The van der Waals surface area contributed by atoms with Crippen LogP contribution in [0.3, 0.4) is 0 Å². The molecule has 1 aliphatic carbocycles. The van der Waals surface area contributed by atoms with E-state index in [-0.39, 0.29) is 17.9 Å². The van der Waals surface area contributed by atoms with E-state index in [4.69, 9.17) is 27.9 Å². The van der Waals surface area contributed by atoms with Crippen molar-refractivity contribution in [1.29, 1.82) is 0 Å². The largest absolute Gasteiger partial charge is 0.497 e. The predicted molar refractivity (Wildman–Crippen MR) is 139 cm³/mol. The van der Waals surface area contributed by atoms with Gasteiger partial charge >= 0.3 is 0 Å². The van der Waals surface area contributed by atoms with Crippen LogP contribution in [0.25, 0.3) is 0 Å². The lowest BCUT2D eigenvalue weighted by molar-refractivity contribution is -0.129. The zero-order chi connectivity index (χ0) is 24.8. The Hall–Kier alpha value is -2.28. The van der Waals surface area contributed by atoms with Gasteiger partial charge in [0.2, 0.25) is 5.91 Å². The molecule has 2 fully saturated rings. The molecule has 0 aromatic heterocycles. The molecule has 1 saturated carbocycles. The Morgan fingerprint density at radius 1 is 1.03 bits per heavy atom. The van der Waals surface area contributed by atoms with Gasteiger partial charge in [0.15, 0.2) is 0 Å². The highest BCUT2D eigenvalue weighted by molar-refractivity contribution is 6.36. The number of benzene rings is 2. The summed E-state index contributed by atoms with van der Waals surface area (Å²) in [5, 5.41) is 4.06. The first kappa shape index (κ1) is 25.8. The number of piperazine rings is 1. The van der Waals surface area contributed by atoms with Gasteiger partial charge in [-0.2, -0.15) is 0 Å². The molecule has 2 aromatic carbocycles. The lowest BCUT2D eigenvalue weighted by Crippen LogP contribution is -2.58. The van der Waals surface area contributed by atoms with E-state index in [9.17, 15) is 9.59 Å². The average molecular weight is 518 g/mol. The lowest BCUT2D eigenvalue weighted by Gasteiger charge is -2.40. The van der Waals surface area contributed by atoms with Crippen LogP contribution in [0.4, 0.5) is 0 Å². The quantitative estimate of drug-likeness (QED) is 0.552. The van der Waals surface area contributed by atoms with Gasteiger partial charge in [0.05, 0.1) is 23.7 Å². The summed E-state index contributed by atoms with van der Waals surface area (Å²) in [4.78, 5) is 30.4. The number of methoxy groups -OCH3 is 1. The van der Waals surface area contributed by atoms with Gasteiger partial charge in [0.25, 0.3) is 5.91 Å². The zero-order valence-electron chi connectivity index (χ0n) is 20.1. The molecule has 35 heavy (non-hydrogen) atoms. The van der Waals surface area contributed by atoms with E-state index in [1.54, 1.807) is 25.3 Å². The summed E-state index contributed by atoms with van der Waals surface area (Å²) in [7, 11) is 1.65. The first-order chi connectivity index (χ1) is 17.0. The summed E-state index contributed by atoms with van der Waals surface area (Å²) in [6.45, 7) is 3.08. The van der Waals surface area contributed by atoms with Gasteiger partial charge in [-0.1, -0.05) is 48.2 Å². The van der Waals surface area contributed by atoms with Crippen LogP contribution in [0.2, 0.25) is 10.0 Å². The van der Waals surface area contributed by atoms with Crippen molar-refractivity contribution in [1.82, 2.24) is 15.1 Å². The Kier molecular flexibility index (Phi) is 8.93. The second-order valence-electron chi connectivity index (χ2n) is 9.33. The maximum absolute atomic E-state index is 13.4. The standard InChI is InChI=1S/C27H33Cl2N3O3/c1-35-22-9-6-19(7-10-22)12-13-30-26(33)25(20-4-2-3-5-20)31-14-16-32(17-15-31)27(34)23-11-8-21(28)18-24(23)29/h6-11,18,20,25H,2-5,12-17H2,1H3,(H,30,33)/t25-/m1/s1. The summed E-state index contributed by atoms with van der Waals surface area (Å²) in [5.74, 6) is 1.21. The highest BCUT2D eigenvalue weighted by Gasteiger charge is 2.37. The van der Waals surface area contributed by atoms with Crippen molar-refractivity contribution in [2.75, 3.05) is 39.8 Å². The molecule has 0 bridgehead atoms. The van der Waals surface area contributed by atoms with E-state index in [1.165, 1.54) is 12.8 Å². The van der Waals surface area contributed by atoms with Crippen LogP contribution >= 0.6 is 23.2 Å². The second-order valence-corrected chi connectivity index (χ2v) is 10.2. The third-order valence-corrected chi connectivity index (χ3v) is 7.69. The fourth-order valence-corrected chi connectivity index (χ4v) is 5.70. The predicted octanol–water partition coefficient (Wildman–Crippen LogP) is 4.68. The van der Waals surface area contributed by atoms with E-state index in [0.717, 1.165) is 30.6 Å². The number of nitrogens with zero attached hydrogens (tertiary/aromatic N) is 2. The van der Waals surface area contributed by atoms with Crippen molar-refractivity contribution in [2.45, 2.75) is 38.1 Å². The van der Waals surface area contributed by atoms with Gasteiger partial charge in [0, 0.05) is 37.7 Å². The minimum atomic E-state index is -0.148. The summed E-state index contributed by atoms with van der Waals surface area (Å²) in [6, 6.07) is 12.8. The number of carbonyl (C=O) groups is 2. The summed E-state index contributed by atoms with van der Waals surface area (Å²) in [6.07, 6.45) is 5.28. The van der Waals surface area contributed by atoms with Crippen molar-refractivity contribution in [3.63, 3.8) is 0 Å². The molecule has 0 unspecified atom stereocenters. The van der Waals surface area contributed by atoms with Crippen molar-refractivity contribution >= 4 is 35.0 Å². The van der Waals surface area contributed by atoms with Crippen molar-refractivity contribution < 1.29 is 14.3 Å². The monoisotopic (exact) mass is 517 g/mol. The number of halogens is 2. The molecule has 0 radical (unpaired) electrons. The van der Waals surface area contributed by atoms with Gasteiger partial charge in [-0.05, 0) is 61.1 Å². The number of hydrogen-bond acceptors (Lipinski definition) is 4. The highest BCUT2D eigenvalue weighted by Crippen LogP contribution is 2.31. The van der Waals surface area contributed by atoms with Crippen LogP contribution < -0.4 is 10.1 Å². The van der Waals surface area contributed by atoms with Gasteiger partial charge < -0.3 is 15.0 Å². The number of ether oxygens (including phenoxy) is 1. The minimum Gasteiger partial charge on any atom is -0.497 e. The van der Waals surface area contributed by atoms with Crippen LogP contribution in [0.15, 0.2) is 42.5 Å². The number of nitrogens with one attached hydrogen (secondary N) is 1. The molecule has 1 atom stereocenters. The Morgan fingerprint density at radius 3 is 2.34 bits per heavy atom. The van der Waals surface area contributed by atoms with Crippen LogP contribution in [-0.4, -0.2) is 67.5 Å². The molecule has 6 nitrogen and oxygen atoms in total. The third-order valence-electron chi connectivity index (χ3n) is 7.14. The maximum atomic E-state index is 13.4. The number of rotatable bonds is 8. The molecule has 2 amide bonds. The summed E-state index contributed by atoms with van der Waals surface area (Å²) < 4.78 is 5.21. The van der Waals surface area contributed by atoms with Crippen molar-refractivity contribution in [3.8, 4) is 5.75 Å². The topological polar surface area (TPSA) is 61.9 Å². The van der Waals surface area contributed by atoms with Gasteiger partial charge in [-0.25, -0.2) is 0 Å². The Morgan fingerprint density at radius 2 is 1.71 bits per heavy atom. The molecular weight excluding hydrogens is 485 g/mol. The molecule has 1 saturated heterocycles. The Labute approximate surface area is 217 Å². The second kappa shape index (κ2) is 12.1. The van der Waals surface area contributed by atoms with E-state index < -0.39 is 0 Å². The number of amides is 2. The smallest absolute Gasteiger partial charge is 0.255 e. The minimum absolute atomic E-state index is 0.0901. The molecule has 2 aromatic rings. The average Bonchev–Trinajstić information content (AvgIpc) is 3.39. The Bertz CT molecular complexity index is 1020. The molecule has 1 aliphatic heterocycles. The van der Waals surface area contributed by atoms with Crippen molar-refractivity contribution in [3.05, 3.63) is 63.6 Å². The molecular formula is C27H33Cl2N3O3. The van der Waals surface area contributed by atoms with Crippen LogP contribution in [0, 0.1) is 5.92 Å². The normalized spacial score (nSPS) is 17.9. The molecule has 1 heterocycles. The first-order valence-electron chi connectivity index (χ1n) is 12.4. The Balaban J connectivity index is 1.34. The highest BCUT2D eigenvalue weighted by atomic mass is 35.5. The molecule has 4 rings (SSSR count). The van der Waals surface area contributed by atoms with Gasteiger partial charge in [-0.15, -0.1) is 0 Å². The fraction of sp³-hybridized carbons (Fsp3) is 0.481. The molecule has 0 spiro atoms. The maximum Gasteiger partial charge on any atom is 0.255 e. The molecule has 8 heteroatoms. The van der Waals surface area contributed by atoms with Crippen LogP contribution in [0.5, 0.6) is 5.75 Å². The number of carbonyl (C=O) groups excluding carboxylic acids is 2. The van der Waals surface area contributed by atoms with Crippen LogP contribution in [-0.2, 0) is 11.2 Å². The fourth-order valence-electron chi connectivity index (χ4n) is 5.21. The molecule has 188 valence electrons. The molecule has 2 aliphatic rings. The lowest BCUT2D eigenvalue weighted by atomic mass is 9.94.